The molecule has 3 aromatic carbocycles. The first-order chi connectivity index (χ1) is 14.5. The van der Waals surface area contributed by atoms with E-state index in [9.17, 15) is 14.4 Å². The highest BCUT2D eigenvalue weighted by atomic mass is 16.5. The van der Waals surface area contributed by atoms with Gasteiger partial charge in [-0.2, -0.15) is 0 Å². The van der Waals surface area contributed by atoms with Gasteiger partial charge in [0.2, 0.25) is 5.91 Å². The van der Waals surface area contributed by atoms with Gasteiger partial charge < -0.3 is 20.1 Å². The lowest BCUT2D eigenvalue weighted by Crippen LogP contribution is -2.21. The maximum atomic E-state index is 12.4. The van der Waals surface area contributed by atoms with E-state index in [-0.39, 0.29) is 11.5 Å². The van der Waals surface area contributed by atoms with Crippen molar-refractivity contribution >= 4 is 29.2 Å². The lowest BCUT2D eigenvalue weighted by molar-refractivity contribution is -0.119. The highest BCUT2D eigenvalue weighted by Crippen LogP contribution is 2.25. The zero-order chi connectivity index (χ0) is 21.3. The number of rotatable bonds is 7. The summed E-state index contributed by atoms with van der Waals surface area (Å²) in [5, 5.41) is 5.26. The summed E-state index contributed by atoms with van der Waals surface area (Å²) in [4.78, 5) is 35.6. The minimum absolute atomic E-state index is 0.185. The third-order valence-electron chi connectivity index (χ3n) is 3.90. The molecule has 0 aliphatic carbocycles. The Hall–Kier alpha value is -4.13. The van der Waals surface area contributed by atoms with E-state index in [1.807, 2.05) is 18.2 Å². The second kappa shape index (κ2) is 9.88. The van der Waals surface area contributed by atoms with Gasteiger partial charge in [0, 0.05) is 18.3 Å². The van der Waals surface area contributed by atoms with Gasteiger partial charge in [-0.25, -0.2) is 4.79 Å². The number of carbonyl (C=O) groups excluding carboxylic acids is 3. The zero-order valence-corrected chi connectivity index (χ0v) is 16.3. The molecule has 0 saturated heterocycles. The topological polar surface area (TPSA) is 93.7 Å². The Bertz CT molecular complexity index is 1030. The summed E-state index contributed by atoms with van der Waals surface area (Å²) < 4.78 is 10.9. The van der Waals surface area contributed by atoms with E-state index in [4.69, 9.17) is 9.47 Å². The predicted octanol–water partition coefficient (Wildman–Crippen LogP) is 4.23. The average Bonchev–Trinajstić information content (AvgIpc) is 2.74. The minimum Gasteiger partial charge on any atom is -0.456 e. The van der Waals surface area contributed by atoms with Crippen LogP contribution in [0.4, 0.5) is 11.4 Å². The van der Waals surface area contributed by atoms with Gasteiger partial charge in [0.25, 0.3) is 5.91 Å². The van der Waals surface area contributed by atoms with Crippen LogP contribution in [-0.4, -0.2) is 24.4 Å². The van der Waals surface area contributed by atoms with Crippen molar-refractivity contribution in [1.82, 2.24) is 0 Å². The highest BCUT2D eigenvalue weighted by Gasteiger charge is 2.16. The number of amides is 2. The Kier molecular flexibility index (Phi) is 6.78. The Labute approximate surface area is 173 Å². The van der Waals surface area contributed by atoms with Crippen molar-refractivity contribution in [3.05, 3.63) is 84.4 Å². The van der Waals surface area contributed by atoms with E-state index >= 15 is 0 Å². The molecule has 0 heterocycles. The predicted molar refractivity (Wildman–Crippen MR) is 113 cm³/mol. The second-order valence-corrected chi connectivity index (χ2v) is 6.29. The molecule has 0 radical (unpaired) electrons. The normalized spacial score (nSPS) is 10.0. The molecule has 0 spiro atoms. The third-order valence-corrected chi connectivity index (χ3v) is 3.90. The SMILES string of the molecule is CC(=O)Nc1ccc(NC(=O)COC(=O)c2ccccc2Oc2ccccc2)cc1. The number of ether oxygens (including phenoxy) is 2. The summed E-state index contributed by atoms with van der Waals surface area (Å²) in [6, 6.07) is 22.3. The van der Waals surface area contributed by atoms with Crippen LogP contribution in [0.15, 0.2) is 78.9 Å². The van der Waals surface area contributed by atoms with Crippen LogP contribution in [0.5, 0.6) is 11.5 Å². The summed E-state index contributed by atoms with van der Waals surface area (Å²) in [6.07, 6.45) is 0. The van der Waals surface area contributed by atoms with Crippen LogP contribution < -0.4 is 15.4 Å². The molecule has 7 nitrogen and oxygen atoms in total. The first kappa shape index (κ1) is 20.6. The highest BCUT2D eigenvalue weighted by molar-refractivity contribution is 5.97. The third kappa shape index (κ3) is 5.93. The molecule has 3 aromatic rings. The lowest BCUT2D eigenvalue weighted by Gasteiger charge is -2.11. The fourth-order valence-corrected chi connectivity index (χ4v) is 2.59. The molecule has 152 valence electrons. The molecule has 30 heavy (non-hydrogen) atoms. The number of anilines is 2. The van der Waals surface area contributed by atoms with Crippen molar-refractivity contribution in [2.24, 2.45) is 0 Å². The van der Waals surface area contributed by atoms with E-state index in [2.05, 4.69) is 10.6 Å². The fourth-order valence-electron chi connectivity index (χ4n) is 2.59. The molecule has 0 aromatic heterocycles. The molecule has 0 fully saturated rings. The molecular formula is C23H20N2O5. The van der Waals surface area contributed by atoms with Gasteiger partial charge in [-0.05, 0) is 48.5 Å². The molecule has 0 bridgehead atoms. The minimum atomic E-state index is -0.669. The van der Waals surface area contributed by atoms with E-state index in [0.717, 1.165) is 0 Å². The molecule has 3 rings (SSSR count). The summed E-state index contributed by atoms with van der Waals surface area (Å²) in [5.41, 5.74) is 1.34. The van der Waals surface area contributed by atoms with Gasteiger partial charge in [-0.1, -0.05) is 30.3 Å². The summed E-state index contributed by atoms with van der Waals surface area (Å²) in [5.74, 6) is -0.425. The summed E-state index contributed by atoms with van der Waals surface area (Å²) in [7, 11) is 0. The van der Waals surface area contributed by atoms with Gasteiger partial charge in [0.05, 0.1) is 0 Å². The first-order valence-corrected chi connectivity index (χ1v) is 9.18. The number of hydrogen-bond donors (Lipinski definition) is 2. The van der Waals surface area contributed by atoms with Crippen molar-refractivity contribution in [1.29, 1.82) is 0 Å². The van der Waals surface area contributed by atoms with Crippen LogP contribution in [0, 0.1) is 0 Å². The number of nitrogens with one attached hydrogen (secondary N) is 2. The smallest absolute Gasteiger partial charge is 0.342 e. The molecule has 0 atom stereocenters. The molecule has 0 aliphatic rings. The Morgan fingerprint density at radius 3 is 2.03 bits per heavy atom. The van der Waals surface area contributed by atoms with E-state index in [1.54, 1.807) is 60.7 Å². The molecule has 0 unspecified atom stereocenters. The molecule has 2 amide bonds. The molecule has 0 aliphatic heterocycles. The fraction of sp³-hybridized carbons (Fsp3) is 0.0870. The van der Waals surface area contributed by atoms with Crippen LogP contribution in [0.1, 0.15) is 17.3 Å². The number of carbonyl (C=O) groups is 3. The molecule has 7 heteroatoms. The number of benzene rings is 3. The quantitative estimate of drug-likeness (QED) is 0.575. The van der Waals surface area contributed by atoms with Crippen LogP contribution in [-0.2, 0) is 14.3 Å². The second-order valence-electron chi connectivity index (χ2n) is 6.29. The lowest BCUT2D eigenvalue weighted by atomic mass is 10.2. The van der Waals surface area contributed by atoms with E-state index < -0.39 is 18.5 Å². The van der Waals surface area contributed by atoms with Crippen LogP contribution >= 0.6 is 0 Å². The summed E-state index contributed by atoms with van der Waals surface area (Å²) >= 11 is 0. The maximum absolute atomic E-state index is 12.4. The number of esters is 1. The van der Waals surface area contributed by atoms with Crippen molar-refractivity contribution in [2.45, 2.75) is 6.92 Å². The molecular weight excluding hydrogens is 384 g/mol. The van der Waals surface area contributed by atoms with Crippen molar-refractivity contribution in [3.63, 3.8) is 0 Å². The maximum Gasteiger partial charge on any atom is 0.342 e. The Morgan fingerprint density at radius 1 is 0.767 bits per heavy atom. The number of para-hydroxylation sites is 2. The summed E-state index contributed by atoms with van der Waals surface area (Å²) in [6.45, 7) is 0.957. The largest absolute Gasteiger partial charge is 0.456 e. The standard InChI is InChI=1S/C23H20N2O5/c1-16(26)24-17-11-13-18(14-12-17)25-22(27)15-29-23(28)20-9-5-6-10-21(20)30-19-7-3-2-4-8-19/h2-14H,15H2,1H3,(H,24,26)(H,25,27). The Balaban J connectivity index is 1.56. The van der Waals surface area contributed by atoms with Gasteiger partial charge in [-0.3, -0.25) is 9.59 Å². The van der Waals surface area contributed by atoms with Crippen molar-refractivity contribution < 1.29 is 23.9 Å². The van der Waals surface area contributed by atoms with Gasteiger partial charge in [-0.15, -0.1) is 0 Å². The van der Waals surface area contributed by atoms with Gasteiger partial charge in [0.1, 0.15) is 17.1 Å². The van der Waals surface area contributed by atoms with Crippen LogP contribution in [0.2, 0.25) is 0 Å². The van der Waals surface area contributed by atoms with Crippen LogP contribution in [0.25, 0.3) is 0 Å². The van der Waals surface area contributed by atoms with Crippen molar-refractivity contribution in [3.8, 4) is 11.5 Å². The molecule has 2 N–H and O–H groups in total. The van der Waals surface area contributed by atoms with Crippen molar-refractivity contribution in [2.75, 3.05) is 17.2 Å². The molecule has 0 saturated carbocycles. The first-order valence-electron chi connectivity index (χ1n) is 9.18. The average molecular weight is 404 g/mol. The number of hydrogen-bond acceptors (Lipinski definition) is 5. The van der Waals surface area contributed by atoms with Gasteiger partial charge in [0.15, 0.2) is 6.61 Å². The van der Waals surface area contributed by atoms with Gasteiger partial charge >= 0.3 is 5.97 Å². The van der Waals surface area contributed by atoms with Crippen LogP contribution in [0.3, 0.4) is 0 Å². The van der Waals surface area contributed by atoms with E-state index in [1.165, 1.54) is 6.92 Å². The van der Waals surface area contributed by atoms with E-state index in [0.29, 0.717) is 22.9 Å². The monoisotopic (exact) mass is 404 g/mol. The zero-order valence-electron chi connectivity index (χ0n) is 16.3. The Morgan fingerprint density at radius 2 is 1.37 bits per heavy atom.